The molecule has 16 nitrogen and oxygen atoms in total. The van der Waals surface area contributed by atoms with E-state index in [1.807, 2.05) is 118 Å². The second-order valence-electron chi connectivity index (χ2n) is 20.1. The Balaban J connectivity index is 0.889. The zero-order chi connectivity index (χ0) is 50.6. The Morgan fingerprint density at radius 3 is 2.20 bits per heavy atom. The van der Waals surface area contributed by atoms with Crippen molar-refractivity contribution in [1.82, 2.24) is 39.8 Å². The summed E-state index contributed by atoms with van der Waals surface area (Å²) < 4.78 is 15.0. The molecule has 0 aliphatic carbocycles. The van der Waals surface area contributed by atoms with Crippen molar-refractivity contribution in [2.24, 2.45) is 5.92 Å². The first-order valence-corrected chi connectivity index (χ1v) is 24.3. The molecule has 71 heavy (non-hydrogen) atoms. The minimum atomic E-state index is -0.922. The van der Waals surface area contributed by atoms with Crippen LogP contribution in [-0.4, -0.2) is 107 Å². The van der Waals surface area contributed by atoms with Gasteiger partial charge in [-0.25, -0.2) is 19.4 Å². The Hall–Kier alpha value is -6.95. The fourth-order valence-electron chi connectivity index (χ4n) is 9.63. The Kier molecular flexibility index (Phi) is 15.1. The van der Waals surface area contributed by atoms with Gasteiger partial charge in [0, 0.05) is 69.0 Å². The second kappa shape index (κ2) is 21.2. The van der Waals surface area contributed by atoms with Crippen molar-refractivity contribution in [2.45, 2.75) is 103 Å². The van der Waals surface area contributed by atoms with Crippen LogP contribution in [0.15, 0.2) is 114 Å². The number of piperazine rings is 1. The number of aromatic amines is 1. The number of aromatic hydroxyl groups is 2. The zero-order valence-corrected chi connectivity index (χ0v) is 41.5. The molecule has 0 radical (unpaired) electrons. The van der Waals surface area contributed by atoms with Crippen molar-refractivity contribution in [2.75, 3.05) is 26.2 Å². The summed E-state index contributed by atoms with van der Waals surface area (Å²) in [6, 6.07) is 26.8. The summed E-state index contributed by atoms with van der Waals surface area (Å²) in [6.07, 6.45) is 5.38. The number of nitrogens with one attached hydrogen (secondary N) is 2. The predicted molar refractivity (Wildman–Crippen MR) is 270 cm³/mol. The number of phenols is 2. The smallest absolute Gasteiger partial charge is 0.461 e. The zero-order valence-electron chi connectivity index (χ0n) is 41.5. The van der Waals surface area contributed by atoms with E-state index < -0.39 is 36.0 Å². The van der Waals surface area contributed by atoms with E-state index in [9.17, 15) is 29.4 Å². The quantitative estimate of drug-likeness (QED) is 0.0658. The molecule has 2 aromatic heterocycles. The molecule has 2 fully saturated rings. The third kappa shape index (κ3) is 11.2. The van der Waals surface area contributed by atoms with Crippen molar-refractivity contribution in [3.8, 4) is 28.6 Å². The molecule has 1 unspecified atom stereocenters. The summed E-state index contributed by atoms with van der Waals surface area (Å²) in [5.41, 5.74) is 2.83. The van der Waals surface area contributed by atoms with E-state index in [0.717, 1.165) is 16.7 Å². The first kappa shape index (κ1) is 50.4. The van der Waals surface area contributed by atoms with Gasteiger partial charge >= 0.3 is 12.8 Å². The number of carbonyl (C=O) groups excluding carboxylic acids is 3. The number of rotatable bonds is 17. The number of Topliss-reactive ketones (excluding diaryl/α,β-unsaturated/α-hetero) is 1. The summed E-state index contributed by atoms with van der Waals surface area (Å²) >= 11 is 0. The molecule has 3 atom stereocenters. The van der Waals surface area contributed by atoms with Gasteiger partial charge in [0.2, 0.25) is 0 Å². The minimum absolute atomic E-state index is 0.0204. The first-order valence-electron chi connectivity index (χ1n) is 24.3. The molecule has 2 amide bonds. The standard InChI is InChI=1S/C54H63BN8O8/c1-34(2)27-40(29-48(66)44(28-36-11-9-8-10-12-36)58-50(67)45-32-56-21-22-57-45)55-70-53(5,6)54(7,71-55)39-17-15-38(16-18-39)51(68)62-25-23-61(24-26-62)33-37-13-19-41(20-14-37)63-49(59-60-52(63)69)43-30-42(35(3)4)46(64)31-47(43)65/h8-22,30-32,34-35,40,44,64-65H,23-29,33H2,1-7H3,(H,58,67)(H,60,69)/t40-,44+,54?/m1/s1. The molecule has 6 aromatic rings. The van der Waals surface area contributed by atoms with Gasteiger partial charge < -0.3 is 29.7 Å². The molecular weight excluding hydrogens is 899 g/mol. The average molecular weight is 963 g/mol. The summed E-state index contributed by atoms with van der Waals surface area (Å²) in [5.74, 6) is -0.759. The number of carbonyl (C=O) groups is 3. The number of amides is 2. The van der Waals surface area contributed by atoms with E-state index in [2.05, 4.69) is 44.2 Å². The topological polar surface area (TPSA) is 205 Å². The van der Waals surface area contributed by atoms with Crippen LogP contribution < -0.4 is 11.0 Å². The van der Waals surface area contributed by atoms with Gasteiger partial charge in [-0.2, -0.15) is 5.10 Å². The highest BCUT2D eigenvalue weighted by atomic mass is 16.7. The molecule has 0 saturated carbocycles. The molecule has 2 aliphatic heterocycles. The molecule has 4 aromatic carbocycles. The van der Waals surface area contributed by atoms with Gasteiger partial charge in [-0.3, -0.25) is 24.3 Å². The molecule has 0 bridgehead atoms. The highest BCUT2D eigenvalue weighted by molar-refractivity contribution is 6.48. The number of hydrogen-bond donors (Lipinski definition) is 4. The van der Waals surface area contributed by atoms with Crippen LogP contribution in [0.4, 0.5) is 0 Å². The molecule has 4 N–H and O–H groups in total. The van der Waals surface area contributed by atoms with E-state index in [1.54, 1.807) is 6.07 Å². The molecule has 2 saturated heterocycles. The molecule has 8 rings (SSSR count). The highest BCUT2D eigenvalue weighted by Crippen LogP contribution is 2.49. The van der Waals surface area contributed by atoms with Crippen LogP contribution in [-0.2, 0) is 32.7 Å². The largest absolute Gasteiger partial charge is 0.508 e. The number of phenolic OH excluding ortho intramolecular Hbond substituents is 2. The maximum absolute atomic E-state index is 14.3. The third-order valence-corrected chi connectivity index (χ3v) is 13.9. The Morgan fingerprint density at radius 1 is 0.845 bits per heavy atom. The monoisotopic (exact) mass is 962 g/mol. The number of nitrogens with zero attached hydrogens (tertiary/aromatic N) is 6. The fourth-order valence-corrected chi connectivity index (χ4v) is 9.63. The molecule has 370 valence electrons. The minimum Gasteiger partial charge on any atom is -0.508 e. The van der Waals surface area contributed by atoms with Crippen molar-refractivity contribution in [3.63, 3.8) is 0 Å². The highest BCUT2D eigenvalue weighted by Gasteiger charge is 2.57. The van der Waals surface area contributed by atoms with Gasteiger partial charge in [-0.15, -0.1) is 0 Å². The van der Waals surface area contributed by atoms with E-state index in [0.29, 0.717) is 67.9 Å². The predicted octanol–water partition coefficient (Wildman–Crippen LogP) is 7.46. The maximum atomic E-state index is 14.3. The lowest BCUT2D eigenvalue weighted by molar-refractivity contribution is -0.121. The number of benzene rings is 4. The van der Waals surface area contributed by atoms with Gasteiger partial charge in [-0.05, 0) is 98.0 Å². The van der Waals surface area contributed by atoms with Gasteiger partial charge in [0.15, 0.2) is 11.6 Å². The number of H-pyrrole nitrogens is 1. The van der Waals surface area contributed by atoms with Crippen molar-refractivity contribution in [1.29, 1.82) is 0 Å². The molecule has 4 heterocycles. The number of hydrogen-bond acceptors (Lipinski definition) is 12. The number of ketones is 1. The van der Waals surface area contributed by atoms with Crippen molar-refractivity contribution in [3.05, 3.63) is 154 Å². The fraction of sp³-hybridized carbons (Fsp3) is 0.389. The van der Waals surface area contributed by atoms with Crippen molar-refractivity contribution < 1.29 is 33.9 Å². The van der Waals surface area contributed by atoms with Crippen LogP contribution in [0.5, 0.6) is 11.5 Å². The van der Waals surface area contributed by atoms with Crippen LogP contribution in [0.1, 0.15) is 110 Å². The summed E-state index contributed by atoms with van der Waals surface area (Å²) in [7, 11) is -0.718. The maximum Gasteiger partial charge on any atom is 0.461 e. The van der Waals surface area contributed by atoms with Crippen LogP contribution >= 0.6 is 0 Å². The van der Waals surface area contributed by atoms with E-state index in [4.69, 9.17) is 9.31 Å². The SMILES string of the molecule is CC(C)C[C@H](CC(=O)[C@H](Cc1ccccc1)NC(=O)c1cnccn1)B1OC(C)(C)C(C)(c2ccc(C(=O)N3CCN(Cc4ccc(-n5c(-c6cc(C(C)C)c(O)cc6O)n[nH]c5=O)cc4)CC3)cc2)O1. The van der Waals surface area contributed by atoms with Crippen LogP contribution in [0.2, 0.25) is 5.82 Å². The lowest BCUT2D eigenvalue weighted by Gasteiger charge is -2.37. The molecule has 17 heteroatoms. The van der Waals surface area contributed by atoms with Crippen LogP contribution in [0.3, 0.4) is 0 Å². The van der Waals surface area contributed by atoms with E-state index >= 15 is 0 Å². The normalized spacial score (nSPS) is 17.9. The summed E-state index contributed by atoms with van der Waals surface area (Å²) in [6.45, 7) is 17.1. The third-order valence-electron chi connectivity index (χ3n) is 13.9. The van der Waals surface area contributed by atoms with Crippen LogP contribution in [0, 0.1) is 5.92 Å². The van der Waals surface area contributed by atoms with Crippen LogP contribution in [0.25, 0.3) is 17.1 Å². The van der Waals surface area contributed by atoms with Gasteiger partial charge in [-0.1, -0.05) is 82.3 Å². The second-order valence-corrected chi connectivity index (χ2v) is 20.1. The van der Waals surface area contributed by atoms with Crippen molar-refractivity contribution >= 4 is 24.7 Å². The molecule has 0 spiro atoms. The van der Waals surface area contributed by atoms with Gasteiger partial charge in [0.1, 0.15) is 22.8 Å². The van der Waals surface area contributed by atoms with E-state index in [1.165, 1.54) is 29.2 Å². The summed E-state index contributed by atoms with van der Waals surface area (Å²) in [5, 5.41) is 30.7. The summed E-state index contributed by atoms with van der Waals surface area (Å²) in [4.78, 5) is 66.8. The Morgan fingerprint density at radius 2 is 1.55 bits per heavy atom. The Bertz CT molecular complexity index is 2880. The molecule has 2 aliphatic rings. The number of aromatic nitrogens is 5. The van der Waals surface area contributed by atoms with Gasteiger partial charge in [0.05, 0.1) is 29.1 Å². The lowest BCUT2D eigenvalue weighted by atomic mass is 9.65. The van der Waals surface area contributed by atoms with E-state index in [-0.39, 0.29) is 58.8 Å². The molecular formula is C54H63BN8O8. The first-order chi connectivity index (χ1) is 33.9. The Labute approximate surface area is 414 Å². The lowest BCUT2D eigenvalue weighted by Crippen LogP contribution is -2.48. The average Bonchev–Trinajstić information content (AvgIpc) is 3.86. The van der Waals surface area contributed by atoms with Gasteiger partial charge in [0.25, 0.3) is 11.8 Å².